The van der Waals surface area contributed by atoms with Crippen molar-refractivity contribution in [2.45, 2.75) is 213 Å². The Balaban J connectivity index is -0.00000227. The third-order valence-corrected chi connectivity index (χ3v) is 16.4. The maximum absolute atomic E-state index is 13.8. The van der Waals surface area contributed by atoms with Crippen LogP contribution >= 0.6 is 0 Å². The quantitative estimate of drug-likeness (QED) is 0.00762. The van der Waals surface area contributed by atoms with E-state index in [1.54, 1.807) is 6.20 Å². The van der Waals surface area contributed by atoms with E-state index in [-0.39, 0.29) is 299 Å². The number of carboxylic acids is 2. The number of amides is 4. The van der Waals surface area contributed by atoms with Crippen molar-refractivity contribution in [3.8, 4) is 0 Å². The standard InChI is InChI=1S/C55H86N8O27.6Na.2H2O4S.2O3S/c1-5-28-32-33(29(6-2)86-28)49(75)63(48(32)74)15-9-7-8-14-61(23-27-24-62(60-59-27)16-20-81-21-22-83-55-43(73)41(71)45(47(90-55)51(78)79)88-53-35(57)39(69)37(67)26(4)85-53)31(65)12-11-30(64)58-13-19-80-17-10-18-82-54-42(72)40(70)44(46(89-54)50(76)77)87-52-34(56)38(68)36(66)25(3)84-52;;;;;;;2*1-5(2,3)4;2*1-4(2)3/h24-26,28-29,32-47,52-57,66-73H,3-23H2,1-2H3,(H,58,64)(H,76,77)(H,78,79);;;;;;;2*(H2,1,2,3,4);;/q-4;6*+1;;;;/p-4/t25?,26?,28-,29+,32+,33-,34?,35?,36-,37-,38-,39-,40-,41-,42?,43?,44+,45+,46?,47?,52-,53-,54-,55-;;;;;;;;;;/m1........../s1. The van der Waals surface area contributed by atoms with Crippen molar-refractivity contribution in [1.29, 1.82) is 0 Å². The number of aliphatic carboxylic acids is 2. The molecule has 13 N–H and O–H groups in total. The van der Waals surface area contributed by atoms with E-state index in [4.69, 9.17) is 124 Å². The van der Waals surface area contributed by atoms with Gasteiger partial charge in [0.15, 0.2) is 12.6 Å². The van der Waals surface area contributed by atoms with E-state index >= 15 is 0 Å². The monoisotopic (exact) mass is 1780 g/mol. The minimum absolute atomic E-state index is 0. The zero-order valence-electron chi connectivity index (χ0n) is 63.3. The van der Waals surface area contributed by atoms with Gasteiger partial charge in [0.1, 0.15) is 67.1 Å². The fourth-order valence-electron chi connectivity index (χ4n) is 11.3. The first-order chi connectivity index (χ1) is 50.3. The van der Waals surface area contributed by atoms with Gasteiger partial charge in [-0.05, 0) is 50.7 Å². The number of hydrogen-bond donors (Lipinski definition) is 11. The molecule has 6 fully saturated rings. The van der Waals surface area contributed by atoms with Gasteiger partial charge in [0.05, 0.1) is 113 Å². The number of nitrogens with one attached hydrogen (secondary N) is 3. The topological polar surface area (TPSA) is 766 Å². The molecule has 4 amide bonds. The summed E-state index contributed by atoms with van der Waals surface area (Å²) in [5.41, 5.74) is 16.6. The third-order valence-electron chi connectivity index (χ3n) is 16.4. The van der Waals surface area contributed by atoms with Crippen molar-refractivity contribution in [2.75, 3.05) is 59.3 Å². The molecule has 0 aliphatic carbocycles. The summed E-state index contributed by atoms with van der Waals surface area (Å²) in [5, 5.41) is 118. The Morgan fingerprint density at radius 2 is 0.991 bits per heavy atom. The number of hydrogen-bond acceptors (Lipinski definition) is 41. The van der Waals surface area contributed by atoms with E-state index in [9.17, 15) is 79.8 Å². The molecule has 59 heteroatoms. The van der Waals surface area contributed by atoms with E-state index in [0.717, 1.165) is 0 Å². The number of carbonyl (C=O) groups excluding carboxylic acids is 6. The zero-order valence-corrected chi connectivity index (χ0v) is 78.5. The fourth-order valence-corrected chi connectivity index (χ4v) is 11.3. The molecule has 8 unspecified atom stereocenters. The van der Waals surface area contributed by atoms with Crippen molar-refractivity contribution < 1.29 is 370 Å². The molecule has 0 bridgehead atoms. The molecule has 6 aliphatic heterocycles. The largest absolute Gasteiger partial charge is 1.00 e. The summed E-state index contributed by atoms with van der Waals surface area (Å²) >= 11 is 0. The van der Waals surface area contributed by atoms with Gasteiger partial charge >= 0.3 is 199 Å². The second kappa shape index (κ2) is 60.0. The Morgan fingerprint density at radius 3 is 1.41 bits per heavy atom. The second-order valence-corrected chi connectivity index (χ2v) is 26.5. The number of aromatic nitrogens is 3. The van der Waals surface area contributed by atoms with Crippen molar-refractivity contribution >= 4 is 77.6 Å². The average Bonchev–Trinajstić information content (AvgIpc) is 1.56. The van der Waals surface area contributed by atoms with E-state index in [1.807, 2.05) is 13.8 Å². The predicted octanol–water partition coefficient (Wildman–Crippen LogP) is -29.1. The minimum atomic E-state index is -4.92. The normalized spacial score (nSPS) is 30.7. The van der Waals surface area contributed by atoms with Crippen LogP contribution in [0.15, 0.2) is 6.20 Å². The molecule has 0 spiro atoms. The average molecular weight is 1780 g/mol. The van der Waals surface area contributed by atoms with Gasteiger partial charge in [-0.15, -0.1) is 30.4 Å². The number of aliphatic hydroxyl groups is 8. The van der Waals surface area contributed by atoms with Crippen molar-refractivity contribution in [3.05, 3.63) is 37.2 Å². The summed E-state index contributed by atoms with van der Waals surface area (Å²) in [6.07, 6.45) is -27.6. The third kappa shape index (κ3) is 41.9. The van der Waals surface area contributed by atoms with Crippen LogP contribution in [0.3, 0.4) is 0 Å². The van der Waals surface area contributed by atoms with Crippen LogP contribution in [-0.2, 0) is 136 Å². The number of likely N-dealkylation sites (tertiary alicyclic amines) is 1. The number of nitrogens with zero attached hydrogens (tertiary/aromatic N) is 5. The number of aliphatic hydroxyl groups excluding tert-OH is 8. The molecule has 0 saturated carbocycles. The SMILES string of the molecule is O=S(=O)([O-])O.O=S(=O)([O-])O.O=S(=O)=O.O=S(=O)=O.[CH2-]C1O[C@H](O[C@@H]2C(C(=O)[O-])O[C@@H](OCCCOCCNC(=O)CCC(=O)N(CCCCCN3C(=O)[C@@H]4[C@H](C3=O)[C@H](CC)O[C@@H]4CC)Cc3cn(CCOCCO[C@@H]4OC(C(=O)[O-])[C@@H](O[C@H]5OC([CH2-])[C@@H](O)[C@H](O)C5[NH-])[C@H](O)C4O)nn3)C(O)[C@H]2O)C([NH-])[C@@H](O)[C@@H]1O.[Na+].[Na+].[Na+].[Na+].[Na+].[Na+]. The summed E-state index contributed by atoms with van der Waals surface area (Å²) in [7, 11) is -16.1. The smallest absolute Gasteiger partial charge is 0.726 e. The van der Waals surface area contributed by atoms with E-state index in [1.165, 1.54) is 14.5 Å². The van der Waals surface area contributed by atoms with Gasteiger partial charge in [-0.3, -0.25) is 33.2 Å². The number of rotatable bonds is 34. The molecular weight excluding hydrogens is 1690 g/mol. The maximum atomic E-state index is 13.8. The Bertz CT molecular complexity index is 3400. The van der Waals surface area contributed by atoms with Crippen LogP contribution in [0, 0.1) is 25.7 Å². The molecule has 1 aromatic rings. The van der Waals surface area contributed by atoms with Crippen LogP contribution in [0.1, 0.15) is 70.9 Å². The number of fused-ring (bicyclic) bond motifs is 1. The molecular formula is C55H86N8Na6O41S4-2. The van der Waals surface area contributed by atoms with Crippen LogP contribution in [0.2, 0.25) is 0 Å². The summed E-state index contributed by atoms with van der Waals surface area (Å²) in [6.45, 7) is 11.1. The summed E-state index contributed by atoms with van der Waals surface area (Å²) < 4.78 is 178. The van der Waals surface area contributed by atoms with E-state index in [0.29, 0.717) is 37.8 Å². The molecule has 6 aliphatic rings. The van der Waals surface area contributed by atoms with Gasteiger partial charge in [-0.2, -0.15) is 0 Å². The Kier molecular flexibility index (Phi) is 63.5. The Labute approximate surface area is 789 Å². The number of unbranched alkanes of at least 4 members (excludes halogenated alkanes) is 2. The van der Waals surface area contributed by atoms with Gasteiger partial charge in [0.25, 0.3) is 0 Å². The molecule has 6 saturated heterocycles. The zero-order chi connectivity index (χ0) is 81.8. The van der Waals surface area contributed by atoms with Crippen LogP contribution in [0.25, 0.3) is 11.5 Å². The summed E-state index contributed by atoms with van der Waals surface area (Å²) in [4.78, 5) is 80.4. The van der Waals surface area contributed by atoms with Gasteiger partial charge < -0.3 is 157 Å². The Morgan fingerprint density at radius 1 is 0.570 bits per heavy atom. The molecule has 49 nitrogen and oxygen atoms in total. The molecule has 7 rings (SSSR count). The minimum Gasteiger partial charge on any atom is -0.726 e. The molecule has 624 valence electrons. The second-order valence-electron chi connectivity index (χ2n) is 23.9. The van der Waals surface area contributed by atoms with Gasteiger partial charge in [0, 0.05) is 39.1 Å². The first-order valence-corrected chi connectivity index (χ1v) is 37.2. The molecule has 7 heterocycles. The van der Waals surface area contributed by atoms with Crippen LogP contribution in [0.5, 0.6) is 0 Å². The van der Waals surface area contributed by atoms with Gasteiger partial charge in [-0.25, -0.2) is 21.5 Å². The van der Waals surface area contributed by atoms with Gasteiger partial charge in [0.2, 0.25) is 44.4 Å². The number of carbonyl (C=O) groups is 6. The first-order valence-electron chi connectivity index (χ1n) is 32.5. The van der Waals surface area contributed by atoms with Crippen molar-refractivity contribution in [2.24, 2.45) is 11.8 Å². The van der Waals surface area contributed by atoms with Crippen molar-refractivity contribution in [1.82, 2.24) is 30.1 Å². The van der Waals surface area contributed by atoms with E-state index in [2.05, 4.69) is 29.5 Å². The van der Waals surface area contributed by atoms with Gasteiger partial charge in [-0.1, -0.05) is 31.1 Å². The van der Waals surface area contributed by atoms with Crippen LogP contribution in [0.4, 0.5) is 0 Å². The predicted molar refractivity (Wildman–Crippen MR) is 336 cm³/mol. The first kappa shape index (κ1) is 121. The Hall–Kier alpha value is 0.300. The number of imide groups is 1. The number of carboxylic acid groups (broad SMARTS) is 2. The molecule has 114 heavy (non-hydrogen) atoms. The molecule has 1 aromatic heterocycles. The van der Waals surface area contributed by atoms with Crippen molar-refractivity contribution in [3.63, 3.8) is 0 Å². The van der Waals surface area contributed by atoms with E-state index < -0.39 is 194 Å². The fraction of sp³-hybridized carbons (Fsp3) is 0.818. The number of ether oxygens (including phenoxy) is 11. The van der Waals surface area contributed by atoms with Crippen LogP contribution < -0.4 is 193 Å². The maximum Gasteiger partial charge on any atom is 1.00 e. The van der Waals surface area contributed by atoms with Crippen LogP contribution in [-0.4, -0.2) is 356 Å². The molecule has 0 aromatic carbocycles. The molecule has 24 atom stereocenters. The summed E-state index contributed by atoms with van der Waals surface area (Å²) in [5.74, 6) is -6.01. The molecule has 0 radical (unpaired) electrons. The summed E-state index contributed by atoms with van der Waals surface area (Å²) in [6, 6.07) is -3.28.